The maximum absolute atomic E-state index is 11.9. The molecular weight excluding hydrogens is 332 g/mol. The molecule has 3 rings (SSSR count). The molecule has 106 valence electrons. The summed E-state index contributed by atoms with van der Waals surface area (Å²) in [6.45, 7) is 0.936. The third kappa shape index (κ3) is 2.43. The number of hydrogen-bond acceptors (Lipinski definition) is 5. The first-order chi connectivity index (χ1) is 9.56. The minimum atomic E-state index is -0.758. The summed E-state index contributed by atoms with van der Waals surface area (Å²) in [4.78, 5) is 22.1. The number of carbonyl (C=O) groups excluding carboxylic acids is 1. The Morgan fingerprint density at radius 1 is 1.35 bits per heavy atom. The third-order valence-corrected chi connectivity index (χ3v) is 3.91. The molecule has 1 aliphatic heterocycles. The third-order valence-electron chi connectivity index (χ3n) is 3.25. The zero-order valence-electron chi connectivity index (χ0n) is 10.3. The van der Waals surface area contributed by atoms with E-state index in [-0.39, 0.29) is 5.91 Å². The second-order valence-electron chi connectivity index (χ2n) is 4.66. The summed E-state index contributed by atoms with van der Waals surface area (Å²) < 4.78 is 11.5. The fourth-order valence-electron chi connectivity index (χ4n) is 2.08. The minimum Gasteiger partial charge on any atom is -0.486 e. The molecule has 1 aromatic carbocycles. The number of benzene rings is 1. The molecule has 2 atom stereocenters. The quantitative estimate of drug-likeness (QED) is 0.668. The molecule has 2 aliphatic rings. The molecule has 1 amide bonds. The summed E-state index contributed by atoms with van der Waals surface area (Å²) in [5, 5.41) is 13.2. The van der Waals surface area contributed by atoms with Crippen LogP contribution in [0.5, 0.6) is 11.5 Å². The lowest BCUT2D eigenvalue weighted by Gasteiger charge is -2.20. The standard InChI is InChI=1S/C12H11BrN2O5/c13-7-4-10-11(20-2-1-19-10)5-8(7)14-12(16)6-3-9(6)15(17)18/h4-6,9H,1-3H2,(H,14,16)/t6-,9-/m0/s1. The van der Waals surface area contributed by atoms with Crippen LogP contribution in [-0.4, -0.2) is 30.1 Å². The van der Waals surface area contributed by atoms with E-state index in [1.165, 1.54) is 0 Å². The van der Waals surface area contributed by atoms with Gasteiger partial charge in [-0.2, -0.15) is 0 Å². The molecule has 0 spiro atoms. The Morgan fingerprint density at radius 3 is 2.60 bits per heavy atom. The number of anilines is 1. The van der Waals surface area contributed by atoms with Crippen LogP contribution in [-0.2, 0) is 4.79 Å². The van der Waals surface area contributed by atoms with Crippen molar-refractivity contribution in [1.82, 2.24) is 0 Å². The van der Waals surface area contributed by atoms with E-state index >= 15 is 0 Å². The van der Waals surface area contributed by atoms with Crippen LogP contribution in [0.25, 0.3) is 0 Å². The van der Waals surface area contributed by atoms with E-state index < -0.39 is 16.9 Å². The zero-order chi connectivity index (χ0) is 14.3. The number of carbonyl (C=O) groups is 1. The monoisotopic (exact) mass is 342 g/mol. The molecule has 20 heavy (non-hydrogen) atoms. The van der Waals surface area contributed by atoms with Crippen molar-refractivity contribution in [1.29, 1.82) is 0 Å². The molecule has 1 aromatic rings. The molecule has 1 saturated carbocycles. The molecule has 0 saturated heterocycles. The summed E-state index contributed by atoms with van der Waals surface area (Å²) in [7, 11) is 0. The van der Waals surface area contributed by atoms with Gasteiger partial charge in [0.1, 0.15) is 19.1 Å². The average molecular weight is 343 g/mol. The Balaban J connectivity index is 1.74. The molecule has 1 heterocycles. The van der Waals surface area contributed by atoms with Gasteiger partial charge in [0.05, 0.1) is 5.69 Å². The minimum absolute atomic E-state index is 0.293. The number of nitrogens with zero attached hydrogens (tertiary/aromatic N) is 1. The van der Waals surface area contributed by atoms with Gasteiger partial charge in [0.25, 0.3) is 0 Å². The van der Waals surface area contributed by atoms with Crippen LogP contribution in [0.2, 0.25) is 0 Å². The molecule has 1 aliphatic carbocycles. The Morgan fingerprint density at radius 2 is 2.00 bits per heavy atom. The number of fused-ring (bicyclic) bond motifs is 1. The van der Waals surface area contributed by atoms with Gasteiger partial charge in [-0.1, -0.05) is 0 Å². The van der Waals surface area contributed by atoms with Crippen molar-refractivity contribution in [2.45, 2.75) is 12.5 Å². The van der Waals surface area contributed by atoms with Crippen LogP contribution in [0, 0.1) is 16.0 Å². The van der Waals surface area contributed by atoms with E-state index in [9.17, 15) is 14.9 Å². The van der Waals surface area contributed by atoms with Gasteiger partial charge in [-0.15, -0.1) is 0 Å². The Bertz CT molecular complexity index is 591. The zero-order valence-corrected chi connectivity index (χ0v) is 11.9. The van der Waals surface area contributed by atoms with Gasteiger partial charge in [-0.25, -0.2) is 0 Å². The predicted molar refractivity (Wildman–Crippen MR) is 72.7 cm³/mol. The molecule has 0 unspecified atom stereocenters. The Kier molecular flexibility index (Phi) is 3.25. The second-order valence-corrected chi connectivity index (χ2v) is 5.51. The highest BCUT2D eigenvalue weighted by molar-refractivity contribution is 9.10. The van der Waals surface area contributed by atoms with E-state index in [4.69, 9.17) is 9.47 Å². The fourth-order valence-corrected chi connectivity index (χ4v) is 2.50. The van der Waals surface area contributed by atoms with E-state index in [2.05, 4.69) is 21.2 Å². The van der Waals surface area contributed by atoms with Crippen LogP contribution in [0.1, 0.15) is 6.42 Å². The molecule has 8 heteroatoms. The van der Waals surface area contributed by atoms with E-state index in [1.54, 1.807) is 12.1 Å². The van der Waals surface area contributed by atoms with Crippen LogP contribution in [0.4, 0.5) is 5.69 Å². The lowest BCUT2D eigenvalue weighted by atomic mass is 10.2. The van der Waals surface area contributed by atoms with E-state index in [0.717, 1.165) is 0 Å². The molecule has 7 nitrogen and oxygen atoms in total. The van der Waals surface area contributed by atoms with Gasteiger partial charge in [-0.3, -0.25) is 14.9 Å². The fraction of sp³-hybridized carbons (Fsp3) is 0.417. The highest BCUT2D eigenvalue weighted by atomic mass is 79.9. The van der Waals surface area contributed by atoms with Gasteiger partial charge < -0.3 is 14.8 Å². The summed E-state index contributed by atoms with van der Waals surface area (Å²) in [5.41, 5.74) is 0.522. The van der Waals surface area contributed by atoms with Crippen LogP contribution >= 0.6 is 15.9 Å². The van der Waals surface area contributed by atoms with Crippen LogP contribution < -0.4 is 14.8 Å². The van der Waals surface area contributed by atoms with Crippen molar-refractivity contribution >= 4 is 27.5 Å². The number of halogens is 1. The van der Waals surface area contributed by atoms with Crippen molar-refractivity contribution in [3.8, 4) is 11.5 Å². The normalized spacial score (nSPS) is 23.1. The van der Waals surface area contributed by atoms with Crippen molar-refractivity contribution in [3.63, 3.8) is 0 Å². The van der Waals surface area contributed by atoms with Crippen LogP contribution in [0.15, 0.2) is 16.6 Å². The van der Waals surface area contributed by atoms with Gasteiger partial charge >= 0.3 is 0 Å². The summed E-state index contributed by atoms with van der Waals surface area (Å²) in [5.74, 6) is 0.265. The first-order valence-electron chi connectivity index (χ1n) is 6.10. The van der Waals surface area contributed by atoms with Crippen molar-refractivity contribution in [2.75, 3.05) is 18.5 Å². The molecular formula is C12H11BrN2O5. The molecule has 0 aromatic heterocycles. The lowest BCUT2D eigenvalue weighted by molar-refractivity contribution is -0.497. The summed E-state index contributed by atoms with van der Waals surface area (Å²) >= 11 is 3.33. The number of amides is 1. The van der Waals surface area contributed by atoms with E-state index in [1.807, 2.05) is 0 Å². The largest absolute Gasteiger partial charge is 0.486 e. The Hall–Kier alpha value is -1.83. The lowest BCUT2D eigenvalue weighted by Crippen LogP contribution is -2.19. The van der Waals surface area contributed by atoms with Gasteiger partial charge in [0.15, 0.2) is 11.5 Å². The average Bonchev–Trinajstić information content (AvgIpc) is 3.20. The first-order valence-corrected chi connectivity index (χ1v) is 6.89. The van der Waals surface area contributed by atoms with Gasteiger partial charge in [0, 0.05) is 27.9 Å². The van der Waals surface area contributed by atoms with Crippen molar-refractivity contribution in [2.24, 2.45) is 5.92 Å². The number of rotatable bonds is 3. The number of ether oxygens (including phenoxy) is 2. The molecule has 1 fully saturated rings. The van der Waals surface area contributed by atoms with Crippen molar-refractivity contribution in [3.05, 3.63) is 26.7 Å². The van der Waals surface area contributed by atoms with Gasteiger partial charge in [0.2, 0.25) is 11.9 Å². The maximum atomic E-state index is 11.9. The summed E-state index contributed by atoms with van der Waals surface area (Å²) in [6, 6.07) is 2.60. The second kappa shape index (κ2) is 4.93. The predicted octanol–water partition coefficient (Wildman–Crippen LogP) is 1.82. The molecule has 0 radical (unpaired) electrons. The highest BCUT2D eigenvalue weighted by Gasteiger charge is 2.53. The number of hydrogen-bond donors (Lipinski definition) is 1. The number of nitrogens with one attached hydrogen (secondary N) is 1. The maximum Gasteiger partial charge on any atom is 0.234 e. The van der Waals surface area contributed by atoms with Crippen LogP contribution in [0.3, 0.4) is 0 Å². The van der Waals surface area contributed by atoms with Gasteiger partial charge in [-0.05, 0) is 15.9 Å². The van der Waals surface area contributed by atoms with E-state index in [0.29, 0.717) is 41.3 Å². The summed E-state index contributed by atoms with van der Waals surface area (Å²) in [6.07, 6.45) is 0.293. The Labute approximate surface area is 122 Å². The first kappa shape index (κ1) is 13.2. The topological polar surface area (TPSA) is 90.7 Å². The smallest absolute Gasteiger partial charge is 0.234 e. The molecule has 1 N–H and O–H groups in total. The number of nitro groups is 1. The SMILES string of the molecule is O=C(Nc1cc2c(cc1Br)OCCO2)[C@H]1C[C@@H]1[N+](=O)[O-]. The van der Waals surface area contributed by atoms with Crippen molar-refractivity contribution < 1.29 is 19.2 Å². The highest BCUT2D eigenvalue weighted by Crippen LogP contribution is 2.40. The molecule has 0 bridgehead atoms.